The molecular weight excluding hydrogens is 314 g/mol. The largest absolute Gasteiger partial charge is 0.447 e. The summed E-state index contributed by atoms with van der Waals surface area (Å²) in [6.07, 6.45) is 2.94. The number of ether oxygens (including phenoxy) is 1. The van der Waals surface area contributed by atoms with Crippen molar-refractivity contribution in [3.63, 3.8) is 0 Å². The van der Waals surface area contributed by atoms with Gasteiger partial charge in [-0.1, -0.05) is 42.5 Å². The molecule has 2 saturated carbocycles. The lowest BCUT2D eigenvalue weighted by atomic mass is 9.74. The minimum Gasteiger partial charge on any atom is -0.447 e. The van der Waals surface area contributed by atoms with Gasteiger partial charge >= 0.3 is 6.09 Å². The Labute approximate surface area is 146 Å². The van der Waals surface area contributed by atoms with E-state index >= 15 is 0 Å². The Kier molecular flexibility index (Phi) is 3.34. The number of cyclic esters (lactones) is 1. The SMILES string of the molecule is O=C1OCCN1C(=O)C1C(c2ccc3ccccc3c2)[C@H]2CC[C@H]1C2. The van der Waals surface area contributed by atoms with Crippen molar-refractivity contribution in [2.45, 2.75) is 25.2 Å². The van der Waals surface area contributed by atoms with Crippen LogP contribution in [-0.2, 0) is 9.53 Å². The number of fused-ring (bicyclic) bond motifs is 3. The van der Waals surface area contributed by atoms with Crippen LogP contribution in [0.15, 0.2) is 42.5 Å². The van der Waals surface area contributed by atoms with Gasteiger partial charge in [0.25, 0.3) is 0 Å². The van der Waals surface area contributed by atoms with Crippen LogP contribution in [0.4, 0.5) is 4.79 Å². The third kappa shape index (κ3) is 2.27. The highest BCUT2D eigenvalue weighted by molar-refractivity contribution is 5.95. The molecule has 1 heterocycles. The molecule has 2 aliphatic carbocycles. The summed E-state index contributed by atoms with van der Waals surface area (Å²) in [4.78, 5) is 26.3. The number of benzene rings is 2. The van der Waals surface area contributed by atoms with E-state index in [0.29, 0.717) is 25.0 Å². The van der Waals surface area contributed by atoms with Crippen molar-refractivity contribution in [3.05, 3.63) is 48.0 Å². The second-order valence-corrected chi connectivity index (χ2v) is 7.60. The van der Waals surface area contributed by atoms with Crippen LogP contribution in [0.25, 0.3) is 10.8 Å². The van der Waals surface area contributed by atoms with Crippen molar-refractivity contribution < 1.29 is 14.3 Å². The fraction of sp³-hybridized carbons (Fsp3) is 0.429. The Morgan fingerprint density at radius 3 is 2.64 bits per heavy atom. The lowest BCUT2D eigenvalue weighted by molar-refractivity contribution is -0.134. The van der Waals surface area contributed by atoms with Gasteiger partial charge in [0.1, 0.15) is 6.61 Å². The van der Waals surface area contributed by atoms with Crippen LogP contribution in [0.3, 0.4) is 0 Å². The first-order valence-corrected chi connectivity index (χ1v) is 9.19. The van der Waals surface area contributed by atoms with E-state index in [-0.39, 0.29) is 17.7 Å². The van der Waals surface area contributed by atoms with Gasteiger partial charge in [-0.15, -0.1) is 0 Å². The van der Waals surface area contributed by atoms with Crippen LogP contribution in [0, 0.1) is 17.8 Å². The van der Waals surface area contributed by atoms with E-state index in [1.807, 2.05) is 6.07 Å². The maximum Gasteiger partial charge on any atom is 0.416 e. The predicted molar refractivity (Wildman–Crippen MR) is 94.1 cm³/mol. The Bertz CT molecular complexity index is 861. The highest BCUT2D eigenvalue weighted by Gasteiger charge is 2.53. The van der Waals surface area contributed by atoms with Crippen molar-refractivity contribution >= 4 is 22.8 Å². The summed E-state index contributed by atoms with van der Waals surface area (Å²) >= 11 is 0. The van der Waals surface area contributed by atoms with Gasteiger partial charge in [-0.05, 0) is 53.4 Å². The molecule has 4 nitrogen and oxygen atoms in total. The number of amides is 2. The third-order valence-electron chi connectivity index (χ3n) is 6.39. The Balaban J connectivity index is 1.53. The first-order chi connectivity index (χ1) is 12.2. The van der Waals surface area contributed by atoms with Gasteiger partial charge in [-0.25, -0.2) is 9.69 Å². The summed E-state index contributed by atoms with van der Waals surface area (Å²) in [5, 5.41) is 2.44. The fourth-order valence-electron chi connectivity index (χ4n) is 5.31. The molecule has 4 heteroatoms. The summed E-state index contributed by atoms with van der Waals surface area (Å²) in [5.41, 5.74) is 1.25. The molecule has 3 aliphatic rings. The maximum absolute atomic E-state index is 13.1. The second-order valence-electron chi connectivity index (χ2n) is 7.60. The number of carbonyl (C=O) groups excluding carboxylic acids is 2. The topological polar surface area (TPSA) is 46.6 Å². The molecule has 2 aromatic rings. The standard InChI is InChI=1S/C21H21NO3/c23-20(22-9-10-25-21(22)24)19-17-8-7-16(12-17)18(19)15-6-5-13-3-1-2-4-14(13)11-15/h1-6,11,16-19H,7-10,12H2/t16-,17-,18?,19?/m0/s1. The number of nitrogens with zero attached hydrogens (tertiary/aromatic N) is 1. The van der Waals surface area contributed by atoms with Gasteiger partial charge in [0.05, 0.1) is 6.54 Å². The molecule has 2 amide bonds. The quantitative estimate of drug-likeness (QED) is 0.835. The number of imide groups is 1. The summed E-state index contributed by atoms with van der Waals surface area (Å²) in [6, 6.07) is 14.9. The van der Waals surface area contributed by atoms with Gasteiger partial charge in [0, 0.05) is 5.92 Å². The molecule has 3 fully saturated rings. The number of carbonyl (C=O) groups is 2. The van der Waals surface area contributed by atoms with Crippen LogP contribution in [0.1, 0.15) is 30.7 Å². The smallest absolute Gasteiger partial charge is 0.416 e. The molecular formula is C21H21NO3. The Morgan fingerprint density at radius 2 is 1.84 bits per heavy atom. The van der Waals surface area contributed by atoms with Crippen LogP contribution >= 0.6 is 0 Å². The van der Waals surface area contributed by atoms with Crippen molar-refractivity contribution in [1.82, 2.24) is 4.90 Å². The van der Waals surface area contributed by atoms with Gasteiger partial charge in [-0.2, -0.15) is 0 Å². The second kappa shape index (κ2) is 5.58. The van der Waals surface area contributed by atoms with E-state index in [1.165, 1.54) is 27.7 Å². The minimum atomic E-state index is -0.468. The molecule has 2 aromatic carbocycles. The normalized spacial score (nSPS) is 30.9. The maximum atomic E-state index is 13.1. The molecule has 0 aromatic heterocycles. The molecule has 0 N–H and O–H groups in total. The number of rotatable bonds is 2. The molecule has 2 unspecified atom stereocenters. The first kappa shape index (κ1) is 14.9. The molecule has 4 atom stereocenters. The van der Waals surface area contributed by atoms with E-state index in [9.17, 15) is 9.59 Å². The summed E-state index contributed by atoms with van der Waals surface area (Å²) in [6.45, 7) is 0.724. The fourth-order valence-corrected chi connectivity index (χ4v) is 5.31. The summed E-state index contributed by atoms with van der Waals surface area (Å²) < 4.78 is 4.99. The van der Waals surface area contributed by atoms with Crippen LogP contribution in [0.2, 0.25) is 0 Å². The third-order valence-corrected chi connectivity index (χ3v) is 6.39. The zero-order chi connectivity index (χ0) is 17.0. The first-order valence-electron chi connectivity index (χ1n) is 9.19. The van der Waals surface area contributed by atoms with E-state index in [0.717, 1.165) is 12.8 Å². The Morgan fingerprint density at radius 1 is 1.04 bits per heavy atom. The van der Waals surface area contributed by atoms with E-state index in [4.69, 9.17) is 4.74 Å². The van der Waals surface area contributed by atoms with Crippen molar-refractivity contribution in [2.75, 3.05) is 13.2 Å². The number of hydrogen-bond acceptors (Lipinski definition) is 3. The van der Waals surface area contributed by atoms with E-state index < -0.39 is 6.09 Å². The van der Waals surface area contributed by atoms with Crippen molar-refractivity contribution in [2.24, 2.45) is 17.8 Å². The molecule has 1 aliphatic heterocycles. The van der Waals surface area contributed by atoms with Gasteiger partial charge in [0.2, 0.25) is 5.91 Å². The highest BCUT2D eigenvalue weighted by Crippen LogP contribution is 2.57. The van der Waals surface area contributed by atoms with Crippen LogP contribution < -0.4 is 0 Å². The van der Waals surface area contributed by atoms with Crippen molar-refractivity contribution in [3.8, 4) is 0 Å². The lowest BCUT2D eigenvalue weighted by Gasteiger charge is -2.32. The zero-order valence-corrected chi connectivity index (χ0v) is 14.1. The van der Waals surface area contributed by atoms with Crippen LogP contribution in [-0.4, -0.2) is 30.1 Å². The van der Waals surface area contributed by atoms with Crippen molar-refractivity contribution in [1.29, 1.82) is 0 Å². The lowest BCUT2D eigenvalue weighted by Crippen LogP contribution is -2.41. The molecule has 25 heavy (non-hydrogen) atoms. The van der Waals surface area contributed by atoms with Crippen LogP contribution in [0.5, 0.6) is 0 Å². The molecule has 2 bridgehead atoms. The molecule has 128 valence electrons. The monoisotopic (exact) mass is 335 g/mol. The highest BCUT2D eigenvalue weighted by atomic mass is 16.6. The van der Waals surface area contributed by atoms with E-state index in [1.54, 1.807) is 0 Å². The average Bonchev–Trinajstić information content (AvgIpc) is 3.36. The van der Waals surface area contributed by atoms with E-state index in [2.05, 4.69) is 36.4 Å². The zero-order valence-electron chi connectivity index (χ0n) is 14.1. The minimum absolute atomic E-state index is 0.0205. The average molecular weight is 335 g/mol. The molecule has 5 rings (SSSR count). The predicted octanol–water partition coefficient (Wildman–Crippen LogP) is 3.95. The Hall–Kier alpha value is -2.36. The van der Waals surface area contributed by atoms with Gasteiger partial charge in [0.15, 0.2) is 0 Å². The van der Waals surface area contributed by atoms with Gasteiger partial charge < -0.3 is 4.74 Å². The summed E-state index contributed by atoms with van der Waals surface area (Å²) in [5.74, 6) is 1.09. The van der Waals surface area contributed by atoms with Gasteiger partial charge in [-0.3, -0.25) is 4.79 Å². The molecule has 0 radical (unpaired) electrons. The molecule has 0 spiro atoms. The number of hydrogen-bond donors (Lipinski definition) is 0. The summed E-state index contributed by atoms with van der Waals surface area (Å²) in [7, 11) is 0. The molecule has 1 saturated heterocycles.